The average molecular weight is 505 g/mol. The number of nitrogens with zero attached hydrogens (tertiary/aromatic N) is 3. The van der Waals surface area contributed by atoms with E-state index < -0.39 is 0 Å². The van der Waals surface area contributed by atoms with Gasteiger partial charge in [0.25, 0.3) is 0 Å². The summed E-state index contributed by atoms with van der Waals surface area (Å²) in [7, 11) is 0. The largest absolute Gasteiger partial charge is 0.443 e. The van der Waals surface area contributed by atoms with E-state index in [1.807, 2.05) is 25.7 Å². The Balaban J connectivity index is 0.00000392. The van der Waals surface area contributed by atoms with Crippen LogP contribution in [0.1, 0.15) is 66.0 Å². The van der Waals surface area contributed by atoms with Crippen LogP contribution >= 0.6 is 24.0 Å². The monoisotopic (exact) mass is 505 g/mol. The van der Waals surface area contributed by atoms with E-state index in [1.165, 1.54) is 0 Å². The number of carbonyl (C=O) groups excluding carboxylic acids is 1. The molecule has 8 heteroatoms. The number of rotatable bonds is 5. The fraction of sp³-hybridized carbons (Fsp3) is 0.750. The molecule has 0 aliphatic carbocycles. The number of aliphatic imine (C=N–C) groups is 1. The van der Waals surface area contributed by atoms with Crippen LogP contribution in [0.15, 0.2) is 15.6 Å². The van der Waals surface area contributed by atoms with Crippen molar-refractivity contribution in [3.8, 4) is 0 Å². The van der Waals surface area contributed by atoms with Gasteiger partial charge in [0.05, 0.1) is 6.20 Å². The van der Waals surface area contributed by atoms with Crippen molar-refractivity contribution >= 4 is 35.8 Å². The number of hydrogen-bond donors (Lipinski definition) is 2. The van der Waals surface area contributed by atoms with Crippen LogP contribution in [0, 0.1) is 5.92 Å². The smallest absolute Gasteiger partial charge is 0.225 e. The van der Waals surface area contributed by atoms with Crippen molar-refractivity contribution in [2.24, 2.45) is 10.9 Å². The molecular formula is C20H36IN5O2. The predicted molar refractivity (Wildman–Crippen MR) is 123 cm³/mol. The molecule has 0 spiro atoms. The Bertz CT molecular complexity index is 643. The van der Waals surface area contributed by atoms with E-state index in [2.05, 4.69) is 41.4 Å². The number of carbonyl (C=O) groups is 1. The molecule has 0 atom stereocenters. The van der Waals surface area contributed by atoms with E-state index in [0.29, 0.717) is 18.5 Å². The second-order valence-corrected chi connectivity index (χ2v) is 8.46. The van der Waals surface area contributed by atoms with Crippen molar-refractivity contribution in [3.05, 3.63) is 17.8 Å². The Hall–Kier alpha value is -1.32. The molecule has 0 saturated carbocycles. The van der Waals surface area contributed by atoms with E-state index in [1.54, 1.807) is 6.20 Å². The average Bonchev–Trinajstić information content (AvgIpc) is 3.09. The summed E-state index contributed by atoms with van der Waals surface area (Å²) in [5.74, 6) is 2.56. The third-order valence-electron chi connectivity index (χ3n) is 4.65. The van der Waals surface area contributed by atoms with Gasteiger partial charge in [-0.25, -0.2) is 9.98 Å². The maximum Gasteiger partial charge on any atom is 0.225 e. The highest BCUT2D eigenvalue weighted by Gasteiger charge is 2.25. The maximum atomic E-state index is 12.1. The molecule has 0 aromatic carbocycles. The molecule has 1 aliphatic rings. The summed E-state index contributed by atoms with van der Waals surface area (Å²) in [5, 5.41) is 6.76. The lowest BCUT2D eigenvalue weighted by Crippen LogP contribution is -2.50. The fourth-order valence-corrected chi connectivity index (χ4v) is 3.00. The van der Waals surface area contributed by atoms with Gasteiger partial charge in [-0.1, -0.05) is 34.6 Å². The zero-order valence-electron chi connectivity index (χ0n) is 18.0. The second-order valence-electron chi connectivity index (χ2n) is 8.46. The Morgan fingerprint density at radius 1 is 1.36 bits per heavy atom. The molecule has 2 heterocycles. The lowest BCUT2D eigenvalue weighted by molar-refractivity contribution is -0.135. The van der Waals surface area contributed by atoms with E-state index in [9.17, 15) is 4.79 Å². The molecule has 1 aliphatic heterocycles. The molecule has 1 amide bonds. The SMILES string of the molecule is CCNC(=NCc1ncc(C(C)(C)C)o1)NC1CCN(C(=O)C(C)C)CC1.I. The molecule has 1 saturated heterocycles. The summed E-state index contributed by atoms with van der Waals surface area (Å²) in [5.41, 5.74) is -0.0564. The Labute approximate surface area is 186 Å². The number of hydrogen-bond acceptors (Lipinski definition) is 4. The van der Waals surface area contributed by atoms with Crippen LogP contribution < -0.4 is 10.6 Å². The van der Waals surface area contributed by atoms with Crippen LogP contribution in [0.3, 0.4) is 0 Å². The lowest BCUT2D eigenvalue weighted by atomic mass is 9.94. The summed E-state index contributed by atoms with van der Waals surface area (Å²) < 4.78 is 5.81. The van der Waals surface area contributed by atoms with Gasteiger partial charge in [-0.2, -0.15) is 0 Å². The second kappa shape index (κ2) is 11.0. The van der Waals surface area contributed by atoms with Crippen LogP contribution in [-0.2, 0) is 16.8 Å². The summed E-state index contributed by atoms with van der Waals surface area (Å²) in [6.07, 6.45) is 3.64. The topological polar surface area (TPSA) is 82.8 Å². The summed E-state index contributed by atoms with van der Waals surface area (Å²) in [4.78, 5) is 23.0. The number of likely N-dealkylation sites (tertiary alicyclic amines) is 1. The van der Waals surface area contributed by atoms with Gasteiger partial charge in [-0.3, -0.25) is 4.79 Å². The molecule has 0 unspecified atom stereocenters. The summed E-state index contributed by atoms with van der Waals surface area (Å²) in [6, 6.07) is 0.314. The van der Waals surface area contributed by atoms with Crippen LogP contribution in [-0.4, -0.2) is 47.4 Å². The molecule has 1 aromatic heterocycles. The van der Waals surface area contributed by atoms with Crippen LogP contribution in [0.25, 0.3) is 0 Å². The van der Waals surface area contributed by atoms with Crippen molar-refractivity contribution in [2.75, 3.05) is 19.6 Å². The van der Waals surface area contributed by atoms with Crippen LogP contribution in [0.2, 0.25) is 0 Å². The number of aromatic nitrogens is 1. The maximum absolute atomic E-state index is 12.1. The molecule has 2 N–H and O–H groups in total. The van der Waals surface area contributed by atoms with Gasteiger partial charge in [-0.15, -0.1) is 24.0 Å². The van der Waals surface area contributed by atoms with Gasteiger partial charge in [0.15, 0.2) is 5.96 Å². The minimum Gasteiger partial charge on any atom is -0.443 e. The van der Waals surface area contributed by atoms with E-state index in [0.717, 1.165) is 44.2 Å². The normalized spacial score (nSPS) is 16.1. The highest BCUT2D eigenvalue weighted by molar-refractivity contribution is 14.0. The fourth-order valence-electron chi connectivity index (χ4n) is 3.00. The van der Waals surface area contributed by atoms with E-state index >= 15 is 0 Å². The van der Waals surface area contributed by atoms with E-state index in [4.69, 9.17) is 4.42 Å². The molecule has 0 bridgehead atoms. The van der Waals surface area contributed by atoms with Gasteiger partial charge in [0.2, 0.25) is 11.8 Å². The van der Waals surface area contributed by atoms with Crippen molar-refractivity contribution in [1.82, 2.24) is 20.5 Å². The standard InChI is InChI=1S/C20H35N5O2.HI/c1-7-21-19(23-13-17-22-12-16(27-17)20(4,5)6)24-15-8-10-25(11-9-15)18(26)14(2)3;/h12,14-15H,7-11,13H2,1-6H3,(H2,21,23,24);1H. The van der Waals surface area contributed by atoms with Crippen molar-refractivity contribution in [3.63, 3.8) is 0 Å². The molecule has 160 valence electrons. The third-order valence-corrected chi connectivity index (χ3v) is 4.65. The Morgan fingerprint density at radius 2 is 2.00 bits per heavy atom. The molecule has 28 heavy (non-hydrogen) atoms. The van der Waals surface area contributed by atoms with Gasteiger partial charge in [0.1, 0.15) is 12.3 Å². The zero-order valence-corrected chi connectivity index (χ0v) is 20.4. The Morgan fingerprint density at radius 3 is 2.50 bits per heavy atom. The zero-order chi connectivity index (χ0) is 20.0. The number of piperidine rings is 1. The first kappa shape index (κ1) is 24.7. The Kier molecular flexibility index (Phi) is 9.73. The predicted octanol–water partition coefficient (Wildman–Crippen LogP) is 3.29. The quantitative estimate of drug-likeness (QED) is 0.365. The first-order valence-electron chi connectivity index (χ1n) is 9.99. The first-order valence-corrected chi connectivity index (χ1v) is 9.99. The van der Waals surface area contributed by atoms with Gasteiger partial charge in [-0.05, 0) is 19.8 Å². The van der Waals surface area contributed by atoms with Gasteiger partial charge < -0.3 is 20.0 Å². The van der Waals surface area contributed by atoms with Crippen LogP contribution in [0.5, 0.6) is 0 Å². The molecular weight excluding hydrogens is 469 g/mol. The summed E-state index contributed by atoms with van der Waals surface area (Å²) >= 11 is 0. The minimum absolute atomic E-state index is 0. The lowest BCUT2D eigenvalue weighted by Gasteiger charge is -2.34. The highest BCUT2D eigenvalue weighted by atomic mass is 127. The number of oxazole rings is 1. The highest BCUT2D eigenvalue weighted by Crippen LogP contribution is 2.22. The minimum atomic E-state index is -0.0564. The van der Waals surface area contributed by atoms with Crippen molar-refractivity contribution < 1.29 is 9.21 Å². The van der Waals surface area contributed by atoms with Crippen LogP contribution in [0.4, 0.5) is 0 Å². The number of amides is 1. The summed E-state index contributed by atoms with van der Waals surface area (Å²) in [6.45, 7) is 15.0. The van der Waals surface area contributed by atoms with E-state index in [-0.39, 0.29) is 41.2 Å². The number of halogens is 1. The number of guanidine groups is 1. The van der Waals surface area contributed by atoms with Gasteiger partial charge in [0, 0.05) is 37.0 Å². The van der Waals surface area contributed by atoms with Crippen molar-refractivity contribution in [2.45, 2.75) is 72.4 Å². The van der Waals surface area contributed by atoms with Gasteiger partial charge >= 0.3 is 0 Å². The van der Waals surface area contributed by atoms with Crippen molar-refractivity contribution in [1.29, 1.82) is 0 Å². The number of nitrogens with one attached hydrogen (secondary N) is 2. The first-order chi connectivity index (χ1) is 12.7. The molecule has 1 fully saturated rings. The molecule has 0 radical (unpaired) electrons. The molecule has 1 aromatic rings. The molecule has 7 nitrogen and oxygen atoms in total. The third kappa shape index (κ3) is 7.25. The molecule has 2 rings (SSSR count).